The second-order valence-electron chi connectivity index (χ2n) is 9.97. The number of nitrogens with two attached hydrogens (primary N) is 1. The second kappa shape index (κ2) is 15.6. The second-order valence-corrected chi connectivity index (χ2v) is 9.97. The van der Waals surface area contributed by atoms with E-state index in [1.807, 2.05) is 81.4 Å². The minimum atomic E-state index is -4.21. The van der Waals surface area contributed by atoms with Gasteiger partial charge < -0.3 is 5.73 Å². The summed E-state index contributed by atoms with van der Waals surface area (Å²) in [6.07, 6.45) is -1.90. The van der Waals surface area contributed by atoms with Gasteiger partial charge in [-0.2, -0.15) is 13.2 Å². The van der Waals surface area contributed by atoms with E-state index in [-0.39, 0.29) is 17.5 Å². The Bertz CT molecular complexity index is 1390. The summed E-state index contributed by atoms with van der Waals surface area (Å²) in [5.41, 5.74) is 11.3. The number of anilines is 1. The lowest BCUT2D eigenvalue weighted by Gasteiger charge is -2.24. The molecule has 1 heterocycles. The van der Waals surface area contributed by atoms with Crippen LogP contribution in [0.25, 0.3) is 0 Å². The molecular formula is C34H40F3N3O. The number of alkyl halides is 3. The molecule has 0 radical (unpaired) electrons. The van der Waals surface area contributed by atoms with Crippen LogP contribution in [0.1, 0.15) is 73.7 Å². The summed E-state index contributed by atoms with van der Waals surface area (Å²) in [5, 5.41) is 0. The number of benzene rings is 3. The summed E-state index contributed by atoms with van der Waals surface area (Å²) in [4.78, 5) is 18.0. The molecule has 218 valence electrons. The van der Waals surface area contributed by atoms with Crippen molar-refractivity contribution in [2.75, 3.05) is 5.73 Å². The molecule has 41 heavy (non-hydrogen) atoms. The van der Waals surface area contributed by atoms with Crippen LogP contribution in [0.3, 0.4) is 0 Å². The van der Waals surface area contributed by atoms with Gasteiger partial charge in [0, 0.05) is 5.56 Å². The van der Waals surface area contributed by atoms with Crippen LogP contribution in [-0.2, 0) is 19.0 Å². The Balaban J connectivity index is 0.000000324. The molecule has 2 N–H and O–H groups in total. The SMILES string of the molecule is C=C(C)C.CCCc1c(CC)nc(N)n(C(c2ccccc2)c2ccccc2)c1=O.Cc1ccc(C(F)(F)F)cc1. The number of nitrogen functional groups attached to an aromatic ring is 1. The zero-order valence-corrected chi connectivity index (χ0v) is 24.5. The molecule has 0 spiro atoms. The summed E-state index contributed by atoms with van der Waals surface area (Å²) < 4.78 is 37.4. The van der Waals surface area contributed by atoms with Gasteiger partial charge >= 0.3 is 6.18 Å². The van der Waals surface area contributed by atoms with Crippen LogP contribution in [0, 0.1) is 6.92 Å². The highest BCUT2D eigenvalue weighted by Crippen LogP contribution is 2.29. The molecule has 0 atom stereocenters. The van der Waals surface area contributed by atoms with Crippen molar-refractivity contribution in [3.63, 3.8) is 0 Å². The number of aryl methyl sites for hydroxylation is 2. The fourth-order valence-electron chi connectivity index (χ4n) is 4.18. The molecule has 4 rings (SSSR count). The first-order valence-corrected chi connectivity index (χ1v) is 13.7. The fraction of sp³-hybridized carbons (Fsp3) is 0.294. The van der Waals surface area contributed by atoms with E-state index in [1.54, 1.807) is 11.5 Å². The fourth-order valence-corrected chi connectivity index (χ4v) is 4.18. The van der Waals surface area contributed by atoms with Crippen molar-refractivity contribution in [3.8, 4) is 0 Å². The Morgan fingerprint density at radius 2 is 1.37 bits per heavy atom. The quantitative estimate of drug-likeness (QED) is 0.239. The van der Waals surface area contributed by atoms with Crippen LogP contribution < -0.4 is 11.3 Å². The van der Waals surface area contributed by atoms with E-state index in [1.165, 1.54) is 17.7 Å². The van der Waals surface area contributed by atoms with E-state index in [4.69, 9.17) is 5.73 Å². The van der Waals surface area contributed by atoms with E-state index >= 15 is 0 Å². The molecule has 0 fully saturated rings. The lowest BCUT2D eigenvalue weighted by Crippen LogP contribution is -2.33. The highest BCUT2D eigenvalue weighted by molar-refractivity contribution is 5.38. The van der Waals surface area contributed by atoms with Gasteiger partial charge in [-0.05, 0) is 56.9 Å². The van der Waals surface area contributed by atoms with Crippen molar-refractivity contribution in [3.05, 3.63) is 141 Å². The van der Waals surface area contributed by atoms with E-state index in [0.717, 1.165) is 46.5 Å². The largest absolute Gasteiger partial charge is 0.416 e. The van der Waals surface area contributed by atoms with Gasteiger partial charge in [-0.3, -0.25) is 9.36 Å². The first-order chi connectivity index (χ1) is 19.4. The Morgan fingerprint density at radius 1 is 0.902 bits per heavy atom. The van der Waals surface area contributed by atoms with Crippen molar-refractivity contribution in [2.24, 2.45) is 0 Å². The highest BCUT2D eigenvalue weighted by atomic mass is 19.4. The van der Waals surface area contributed by atoms with Gasteiger partial charge in [0.25, 0.3) is 5.56 Å². The summed E-state index contributed by atoms with van der Waals surface area (Å²) in [7, 11) is 0. The highest BCUT2D eigenvalue weighted by Gasteiger charge is 2.29. The van der Waals surface area contributed by atoms with Crippen molar-refractivity contribution in [2.45, 2.75) is 66.1 Å². The molecule has 1 aromatic heterocycles. The van der Waals surface area contributed by atoms with Crippen molar-refractivity contribution < 1.29 is 13.2 Å². The van der Waals surface area contributed by atoms with Crippen LogP contribution in [0.4, 0.5) is 19.1 Å². The summed E-state index contributed by atoms with van der Waals surface area (Å²) in [6, 6.07) is 24.7. The minimum Gasteiger partial charge on any atom is -0.369 e. The predicted molar refractivity (Wildman–Crippen MR) is 163 cm³/mol. The Kier molecular flexibility index (Phi) is 12.6. The van der Waals surface area contributed by atoms with E-state index in [2.05, 4.69) is 18.5 Å². The van der Waals surface area contributed by atoms with Gasteiger partial charge in [-0.1, -0.05) is 104 Å². The van der Waals surface area contributed by atoms with Crippen LogP contribution in [0.2, 0.25) is 0 Å². The molecular weight excluding hydrogens is 523 g/mol. The molecule has 0 saturated carbocycles. The average molecular weight is 564 g/mol. The maximum atomic E-state index is 13.4. The zero-order valence-electron chi connectivity index (χ0n) is 24.5. The van der Waals surface area contributed by atoms with Crippen molar-refractivity contribution in [1.82, 2.24) is 9.55 Å². The third-order valence-electron chi connectivity index (χ3n) is 6.02. The molecule has 0 bridgehead atoms. The molecule has 3 aromatic carbocycles. The van der Waals surface area contributed by atoms with Gasteiger partial charge in [0.2, 0.25) is 5.95 Å². The third kappa shape index (κ3) is 9.78. The number of nitrogens with zero attached hydrogens (tertiary/aromatic N) is 2. The smallest absolute Gasteiger partial charge is 0.369 e. The van der Waals surface area contributed by atoms with Crippen molar-refractivity contribution in [1.29, 1.82) is 0 Å². The number of hydrogen-bond acceptors (Lipinski definition) is 3. The summed E-state index contributed by atoms with van der Waals surface area (Å²) in [5.74, 6) is 0.268. The first kappa shape index (κ1) is 33.1. The molecule has 7 heteroatoms. The standard InChI is InChI=1S/C22H25N3O.C8H7F3.C4H8/c1-3-11-18-19(4-2)24-22(23)25(21(18)26)20(16-12-7-5-8-13-16)17-14-9-6-10-15-17;1-6-2-4-7(5-3-6)8(9,10)11;1-4(2)3/h5-10,12-15,20H,3-4,11H2,1-2H3,(H2,23,24);2-5H,1H3;1H2,2-3H3. The normalized spacial score (nSPS) is 10.8. The number of halogens is 3. The molecule has 0 unspecified atom stereocenters. The topological polar surface area (TPSA) is 60.9 Å². The summed E-state index contributed by atoms with van der Waals surface area (Å²) in [6.45, 7) is 13.3. The minimum absolute atomic E-state index is 0.0334. The lowest BCUT2D eigenvalue weighted by atomic mass is 9.97. The summed E-state index contributed by atoms with van der Waals surface area (Å²) >= 11 is 0. The Hall–Kier alpha value is -4.13. The molecule has 0 saturated heterocycles. The Morgan fingerprint density at radius 3 is 1.76 bits per heavy atom. The maximum absolute atomic E-state index is 13.4. The third-order valence-corrected chi connectivity index (χ3v) is 6.02. The van der Waals surface area contributed by atoms with Crippen molar-refractivity contribution >= 4 is 5.95 Å². The average Bonchev–Trinajstić information content (AvgIpc) is 2.93. The molecule has 0 aliphatic rings. The van der Waals surface area contributed by atoms with Crippen LogP contribution in [-0.4, -0.2) is 9.55 Å². The molecule has 0 amide bonds. The monoisotopic (exact) mass is 563 g/mol. The van der Waals surface area contributed by atoms with Gasteiger partial charge in [-0.15, -0.1) is 6.58 Å². The molecule has 0 aliphatic carbocycles. The lowest BCUT2D eigenvalue weighted by molar-refractivity contribution is -0.137. The number of allylic oxidation sites excluding steroid dienone is 1. The van der Waals surface area contributed by atoms with Crippen LogP contribution in [0.15, 0.2) is 102 Å². The number of rotatable bonds is 6. The molecule has 4 aromatic rings. The van der Waals surface area contributed by atoms with E-state index < -0.39 is 11.7 Å². The first-order valence-electron chi connectivity index (χ1n) is 13.7. The number of aromatic nitrogens is 2. The van der Waals surface area contributed by atoms with E-state index in [0.29, 0.717) is 12.8 Å². The molecule has 0 aliphatic heterocycles. The van der Waals surface area contributed by atoms with Gasteiger partial charge in [0.1, 0.15) is 0 Å². The van der Waals surface area contributed by atoms with Gasteiger partial charge in [0.05, 0.1) is 17.3 Å². The van der Waals surface area contributed by atoms with Gasteiger partial charge in [0.15, 0.2) is 0 Å². The maximum Gasteiger partial charge on any atom is 0.416 e. The molecule has 4 nitrogen and oxygen atoms in total. The zero-order chi connectivity index (χ0) is 30.6. The predicted octanol–water partition coefficient (Wildman–Crippen LogP) is 8.57. The Labute approximate surface area is 241 Å². The van der Waals surface area contributed by atoms with E-state index in [9.17, 15) is 18.0 Å². The van der Waals surface area contributed by atoms with Crippen LogP contribution in [0.5, 0.6) is 0 Å². The van der Waals surface area contributed by atoms with Gasteiger partial charge in [-0.25, -0.2) is 4.98 Å². The number of hydrogen-bond donors (Lipinski definition) is 1. The van der Waals surface area contributed by atoms with Crippen LogP contribution >= 0.6 is 0 Å².